The van der Waals surface area contributed by atoms with E-state index in [1.54, 1.807) is 42.5 Å². The van der Waals surface area contributed by atoms with E-state index in [1.807, 2.05) is 0 Å². The van der Waals surface area contributed by atoms with Crippen molar-refractivity contribution in [2.45, 2.75) is 30.6 Å². The highest BCUT2D eigenvalue weighted by Gasteiger charge is 2.25. The molecule has 1 aromatic heterocycles. The third-order valence-corrected chi connectivity index (χ3v) is 7.19. The fourth-order valence-corrected chi connectivity index (χ4v) is 5.26. The molecule has 7 nitrogen and oxygen atoms in total. The van der Waals surface area contributed by atoms with Crippen LogP contribution >= 0.6 is 0 Å². The minimum Gasteiger partial charge on any atom is -0.321 e. The van der Waals surface area contributed by atoms with Crippen molar-refractivity contribution in [3.63, 3.8) is 0 Å². The molecule has 1 aliphatic heterocycles. The summed E-state index contributed by atoms with van der Waals surface area (Å²) in [7, 11) is -3.62. The highest BCUT2D eigenvalue weighted by molar-refractivity contribution is 7.89. The maximum atomic E-state index is 13.0. The van der Waals surface area contributed by atoms with Gasteiger partial charge in [0.25, 0.3) is 11.5 Å². The standard InChI is InChI=1S/C22H23N3O4S/c26-21-19-11-4-3-8-16(19)14-20(24-21)22(27)23-17-9-7-10-18(15-17)30(28,29)25-12-5-1-2-6-13-25/h3-4,7-11,14-15H,1-2,5-6,12-13H2,(H,23,27)(H,24,26). The number of nitrogens with zero attached hydrogens (tertiary/aromatic N) is 1. The van der Waals surface area contributed by atoms with Gasteiger partial charge in [0.2, 0.25) is 10.0 Å². The van der Waals surface area contributed by atoms with Crippen LogP contribution < -0.4 is 10.9 Å². The first-order chi connectivity index (χ1) is 14.4. The molecule has 0 atom stereocenters. The van der Waals surface area contributed by atoms with Gasteiger partial charge in [0.1, 0.15) is 5.69 Å². The number of nitrogens with one attached hydrogen (secondary N) is 2. The molecule has 2 heterocycles. The van der Waals surface area contributed by atoms with Gasteiger partial charge in [-0.05, 0) is 48.6 Å². The van der Waals surface area contributed by atoms with Crippen LogP contribution in [0.25, 0.3) is 10.8 Å². The van der Waals surface area contributed by atoms with Crippen molar-refractivity contribution in [2.24, 2.45) is 0 Å². The summed E-state index contributed by atoms with van der Waals surface area (Å²) in [5, 5.41) is 3.84. The van der Waals surface area contributed by atoms with E-state index in [-0.39, 0.29) is 16.1 Å². The van der Waals surface area contributed by atoms with Gasteiger partial charge in [-0.15, -0.1) is 0 Å². The minimum atomic E-state index is -3.62. The molecule has 0 saturated carbocycles. The lowest BCUT2D eigenvalue weighted by Crippen LogP contribution is -2.32. The summed E-state index contributed by atoms with van der Waals surface area (Å²) < 4.78 is 27.5. The predicted octanol–water partition coefficient (Wildman–Crippen LogP) is 3.35. The number of aromatic nitrogens is 1. The molecule has 0 bridgehead atoms. The number of fused-ring (bicyclic) bond motifs is 1. The van der Waals surface area contributed by atoms with E-state index in [2.05, 4.69) is 10.3 Å². The Bertz CT molecular complexity index is 1240. The molecule has 4 rings (SSSR count). The molecule has 0 spiro atoms. The Morgan fingerprint density at radius 1 is 0.933 bits per heavy atom. The minimum absolute atomic E-state index is 0.111. The molecule has 156 valence electrons. The number of benzene rings is 2. The van der Waals surface area contributed by atoms with Crippen LogP contribution in [0.4, 0.5) is 5.69 Å². The number of carbonyl (C=O) groups excluding carboxylic acids is 1. The number of H-pyrrole nitrogens is 1. The fraction of sp³-hybridized carbons (Fsp3) is 0.273. The van der Waals surface area contributed by atoms with Crippen LogP contribution in [-0.2, 0) is 10.0 Å². The van der Waals surface area contributed by atoms with Gasteiger partial charge in [0, 0.05) is 24.2 Å². The largest absolute Gasteiger partial charge is 0.321 e. The molecule has 1 saturated heterocycles. The highest BCUT2D eigenvalue weighted by Crippen LogP contribution is 2.23. The topological polar surface area (TPSA) is 99.3 Å². The Labute approximate surface area is 174 Å². The third-order valence-electron chi connectivity index (χ3n) is 5.29. The van der Waals surface area contributed by atoms with E-state index in [1.165, 1.54) is 16.4 Å². The number of sulfonamides is 1. The van der Waals surface area contributed by atoms with Gasteiger partial charge in [0.15, 0.2) is 0 Å². The van der Waals surface area contributed by atoms with Gasteiger partial charge in [0.05, 0.1) is 4.90 Å². The number of hydrogen-bond donors (Lipinski definition) is 2. The SMILES string of the molecule is O=C(Nc1cccc(S(=O)(=O)N2CCCCCC2)c1)c1cc2ccccc2c(=O)[nH]1. The number of pyridine rings is 1. The first-order valence-electron chi connectivity index (χ1n) is 9.99. The first-order valence-corrected chi connectivity index (χ1v) is 11.4. The van der Waals surface area contributed by atoms with Gasteiger partial charge in [-0.2, -0.15) is 4.31 Å². The summed E-state index contributed by atoms with van der Waals surface area (Å²) in [4.78, 5) is 27.6. The average Bonchev–Trinajstić information content (AvgIpc) is 3.04. The lowest BCUT2D eigenvalue weighted by Gasteiger charge is -2.20. The zero-order valence-corrected chi connectivity index (χ0v) is 17.2. The number of aromatic amines is 1. The summed E-state index contributed by atoms with van der Waals surface area (Å²) in [6.45, 7) is 1.02. The van der Waals surface area contributed by atoms with E-state index >= 15 is 0 Å². The molecule has 8 heteroatoms. The number of amides is 1. The summed E-state index contributed by atoms with van der Waals surface area (Å²) >= 11 is 0. The van der Waals surface area contributed by atoms with Crippen LogP contribution in [0.2, 0.25) is 0 Å². The van der Waals surface area contributed by atoms with Gasteiger partial charge in [-0.25, -0.2) is 8.42 Å². The summed E-state index contributed by atoms with van der Waals surface area (Å²) in [5.41, 5.74) is 0.111. The second-order valence-corrected chi connectivity index (χ2v) is 9.34. The maximum Gasteiger partial charge on any atom is 0.272 e. The molecule has 1 fully saturated rings. The zero-order valence-electron chi connectivity index (χ0n) is 16.4. The van der Waals surface area contributed by atoms with Crippen molar-refractivity contribution in [1.82, 2.24) is 9.29 Å². The lowest BCUT2D eigenvalue weighted by atomic mass is 10.1. The molecule has 0 unspecified atom stereocenters. The van der Waals surface area contributed by atoms with Crippen LogP contribution in [0.3, 0.4) is 0 Å². The summed E-state index contributed by atoms with van der Waals surface area (Å²) in [5.74, 6) is -0.512. The quantitative estimate of drug-likeness (QED) is 0.670. The molecule has 1 aliphatic rings. The van der Waals surface area contributed by atoms with Crippen LogP contribution in [0, 0.1) is 0 Å². The molecule has 3 aromatic rings. The summed E-state index contributed by atoms with van der Waals surface area (Å²) in [6.07, 6.45) is 3.77. The third kappa shape index (κ3) is 4.15. The number of carbonyl (C=O) groups is 1. The molecular weight excluding hydrogens is 402 g/mol. The van der Waals surface area contributed by atoms with E-state index < -0.39 is 15.9 Å². The van der Waals surface area contributed by atoms with E-state index in [0.717, 1.165) is 25.7 Å². The molecule has 30 heavy (non-hydrogen) atoms. The van der Waals surface area contributed by atoms with E-state index in [0.29, 0.717) is 29.5 Å². The Morgan fingerprint density at radius 2 is 1.67 bits per heavy atom. The number of anilines is 1. The van der Waals surface area contributed by atoms with Crippen molar-refractivity contribution in [2.75, 3.05) is 18.4 Å². The smallest absolute Gasteiger partial charge is 0.272 e. The van der Waals surface area contributed by atoms with Crippen molar-refractivity contribution in [3.8, 4) is 0 Å². The van der Waals surface area contributed by atoms with Gasteiger partial charge in [-0.3, -0.25) is 9.59 Å². The zero-order chi connectivity index (χ0) is 21.1. The fourth-order valence-electron chi connectivity index (χ4n) is 3.70. The first kappa shape index (κ1) is 20.3. The molecular formula is C22H23N3O4S. The Hall–Kier alpha value is -2.97. The molecule has 2 N–H and O–H groups in total. The van der Waals surface area contributed by atoms with Gasteiger partial charge in [-0.1, -0.05) is 37.1 Å². The second-order valence-electron chi connectivity index (χ2n) is 7.40. The highest BCUT2D eigenvalue weighted by atomic mass is 32.2. The molecule has 2 aromatic carbocycles. The van der Waals surface area contributed by atoms with Gasteiger partial charge >= 0.3 is 0 Å². The van der Waals surface area contributed by atoms with Gasteiger partial charge < -0.3 is 10.3 Å². The Balaban J connectivity index is 1.59. The maximum absolute atomic E-state index is 13.0. The molecule has 0 radical (unpaired) electrons. The van der Waals surface area contributed by atoms with Crippen LogP contribution in [0.1, 0.15) is 36.2 Å². The van der Waals surface area contributed by atoms with Crippen LogP contribution in [0.5, 0.6) is 0 Å². The normalized spacial score (nSPS) is 15.6. The van der Waals surface area contributed by atoms with E-state index in [4.69, 9.17) is 0 Å². The lowest BCUT2D eigenvalue weighted by molar-refractivity contribution is 0.102. The van der Waals surface area contributed by atoms with E-state index in [9.17, 15) is 18.0 Å². The van der Waals surface area contributed by atoms with Crippen LogP contribution in [0.15, 0.2) is 64.3 Å². The Kier molecular flexibility index (Phi) is 5.69. The van der Waals surface area contributed by atoms with Crippen LogP contribution in [-0.4, -0.2) is 36.7 Å². The Morgan fingerprint density at radius 3 is 2.43 bits per heavy atom. The monoisotopic (exact) mass is 425 g/mol. The molecule has 1 amide bonds. The average molecular weight is 426 g/mol. The summed E-state index contributed by atoms with van der Waals surface area (Å²) in [6, 6.07) is 14.8. The van der Waals surface area contributed by atoms with Crippen molar-refractivity contribution in [1.29, 1.82) is 0 Å². The number of hydrogen-bond acceptors (Lipinski definition) is 4. The van der Waals surface area contributed by atoms with Crippen molar-refractivity contribution < 1.29 is 13.2 Å². The van der Waals surface area contributed by atoms with Crippen molar-refractivity contribution >= 4 is 32.4 Å². The number of rotatable bonds is 4. The second kappa shape index (κ2) is 8.41. The predicted molar refractivity (Wildman–Crippen MR) is 116 cm³/mol. The molecule has 0 aliphatic carbocycles. The van der Waals surface area contributed by atoms with Crippen molar-refractivity contribution in [3.05, 3.63) is 70.6 Å².